The quantitative estimate of drug-likeness (QED) is 0.813. The van der Waals surface area contributed by atoms with E-state index in [4.69, 9.17) is 4.74 Å². The number of hydrogen-bond donors (Lipinski definition) is 0. The summed E-state index contributed by atoms with van der Waals surface area (Å²) < 4.78 is 5.00. The van der Waals surface area contributed by atoms with Crippen molar-refractivity contribution < 1.29 is 9.53 Å². The summed E-state index contributed by atoms with van der Waals surface area (Å²) in [4.78, 5) is 18.6. The van der Waals surface area contributed by atoms with Gasteiger partial charge in [0.2, 0.25) is 0 Å². The van der Waals surface area contributed by atoms with Gasteiger partial charge in [0.25, 0.3) is 0 Å². The SMILES string of the molecule is COC(=O)[C@@H]1CN(Cc2ccccc2)CC1c1cccnc1. The largest absolute Gasteiger partial charge is 0.469 e. The summed E-state index contributed by atoms with van der Waals surface area (Å²) in [7, 11) is 1.46. The van der Waals surface area contributed by atoms with Crippen molar-refractivity contribution in [3.05, 3.63) is 66.0 Å². The van der Waals surface area contributed by atoms with Gasteiger partial charge in [-0.25, -0.2) is 0 Å². The zero-order valence-electron chi connectivity index (χ0n) is 12.7. The fraction of sp³-hybridized carbons (Fsp3) is 0.333. The van der Waals surface area contributed by atoms with E-state index in [2.05, 4.69) is 22.0 Å². The van der Waals surface area contributed by atoms with Crippen molar-refractivity contribution in [2.75, 3.05) is 20.2 Å². The number of aromatic nitrogens is 1. The number of carbonyl (C=O) groups is 1. The number of likely N-dealkylation sites (tertiary alicyclic amines) is 1. The average molecular weight is 296 g/mol. The van der Waals surface area contributed by atoms with Crippen LogP contribution in [0, 0.1) is 5.92 Å². The third-order valence-electron chi connectivity index (χ3n) is 4.26. The van der Waals surface area contributed by atoms with E-state index < -0.39 is 0 Å². The Bertz CT molecular complexity index is 615. The van der Waals surface area contributed by atoms with Crippen LogP contribution in [0.15, 0.2) is 54.9 Å². The Hall–Kier alpha value is -2.20. The molecule has 2 heterocycles. The first kappa shape index (κ1) is 14.7. The number of ether oxygens (including phenoxy) is 1. The molecular formula is C18H20N2O2. The summed E-state index contributed by atoms with van der Waals surface area (Å²) in [5.41, 5.74) is 2.37. The molecule has 0 saturated carbocycles. The van der Waals surface area contributed by atoms with E-state index in [1.165, 1.54) is 12.7 Å². The number of methoxy groups -OCH3 is 1. The van der Waals surface area contributed by atoms with Crippen LogP contribution in [0.3, 0.4) is 0 Å². The van der Waals surface area contributed by atoms with E-state index in [9.17, 15) is 4.79 Å². The number of esters is 1. The molecule has 22 heavy (non-hydrogen) atoms. The number of hydrogen-bond acceptors (Lipinski definition) is 4. The summed E-state index contributed by atoms with van der Waals surface area (Å²) in [5, 5.41) is 0. The normalized spacial score (nSPS) is 21.7. The first-order valence-electron chi connectivity index (χ1n) is 7.52. The number of carbonyl (C=O) groups excluding carboxylic acids is 1. The standard InChI is InChI=1S/C18H20N2O2/c1-22-18(21)17-13-20(11-14-6-3-2-4-7-14)12-16(17)15-8-5-9-19-10-15/h2-10,16-17H,11-13H2,1H3/t16?,17-/m1/s1. The Labute approximate surface area is 130 Å². The van der Waals surface area contributed by atoms with Crippen LogP contribution < -0.4 is 0 Å². The second-order valence-electron chi connectivity index (χ2n) is 5.70. The highest BCUT2D eigenvalue weighted by Crippen LogP contribution is 2.33. The lowest BCUT2D eigenvalue weighted by atomic mass is 9.90. The fourth-order valence-corrected chi connectivity index (χ4v) is 3.18. The maximum Gasteiger partial charge on any atom is 0.310 e. The minimum Gasteiger partial charge on any atom is -0.469 e. The molecular weight excluding hydrogens is 276 g/mol. The Kier molecular flexibility index (Phi) is 4.49. The van der Waals surface area contributed by atoms with Crippen LogP contribution in [-0.4, -0.2) is 36.1 Å². The second-order valence-corrected chi connectivity index (χ2v) is 5.70. The van der Waals surface area contributed by atoms with Gasteiger partial charge in [-0.1, -0.05) is 36.4 Å². The fourth-order valence-electron chi connectivity index (χ4n) is 3.18. The van der Waals surface area contributed by atoms with Gasteiger partial charge in [-0.05, 0) is 17.2 Å². The Balaban J connectivity index is 1.78. The molecule has 1 fully saturated rings. The summed E-state index contributed by atoms with van der Waals surface area (Å²) in [6, 6.07) is 14.3. The van der Waals surface area contributed by atoms with Crippen molar-refractivity contribution in [1.29, 1.82) is 0 Å². The molecule has 2 aromatic rings. The third-order valence-corrected chi connectivity index (χ3v) is 4.26. The van der Waals surface area contributed by atoms with E-state index in [-0.39, 0.29) is 17.8 Å². The van der Waals surface area contributed by atoms with Gasteiger partial charge < -0.3 is 4.74 Å². The average Bonchev–Trinajstić information content (AvgIpc) is 3.00. The van der Waals surface area contributed by atoms with Gasteiger partial charge in [-0.2, -0.15) is 0 Å². The summed E-state index contributed by atoms with van der Waals surface area (Å²) in [6.45, 7) is 2.42. The molecule has 0 bridgehead atoms. The number of benzene rings is 1. The van der Waals surface area contributed by atoms with Crippen molar-refractivity contribution in [2.24, 2.45) is 5.92 Å². The zero-order chi connectivity index (χ0) is 15.4. The molecule has 1 aromatic heterocycles. The monoisotopic (exact) mass is 296 g/mol. The number of rotatable bonds is 4. The van der Waals surface area contributed by atoms with Crippen LogP contribution in [0.1, 0.15) is 17.0 Å². The lowest BCUT2D eigenvalue weighted by Gasteiger charge is -2.16. The van der Waals surface area contributed by atoms with Gasteiger partial charge in [0, 0.05) is 37.9 Å². The van der Waals surface area contributed by atoms with Crippen molar-refractivity contribution in [2.45, 2.75) is 12.5 Å². The third kappa shape index (κ3) is 3.17. The van der Waals surface area contributed by atoms with E-state index in [1.807, 2.05) is 36.5 Å². The highest BCUT2D eigenvalue weighted by atomic mass is 16.5. The lowest BCUT2D eigenvalue weighted by Crippen LogP contribution is -2.24. The van der Waals surface area contributed by atoms with Crippen LogP contribution in [0.25, 0.3) is 0 Å². The van der Waals surface area contributed by atoms with Gasteiger partial charge >= 0.3 is 5.97 Å². The molecule has 0 aliphatic carbocycles. The van der Waals surface area contributed by atoms with Gasteiger partial charge in [0.05, 0.1) is 13.0 Å². The van der Waals surface area contributed by atoms with E-state index >= 15 is 0 Å². The summed E-state index contributed by atoms with van der Waals surface area (Å²) >= 11 is 0. The molecule has 1 aromatic carbocycles. The molecule has 1 unspecified atom stereocenters. The lowest BCUT2D eigenvalue weighted by molar-refractivity contribution is -0.145. The van der Waals surface area contributed by atoms with Crippen LogP contribution in [-0.2, 0) is 16.1 Å². The highest BCUT2D eigenvalue weighted by molar-refractivity contribution is 5.74. The molecule has 4 nitrogen and oxygen atoms in total. The van der Waals surface area contributed by atoms with Crippen molar-refractivity contribution in [1.82, 2.24) is 9.88 Å². The summed E-state index contributed by atoms with van der Waals surface area (Å²) in [6.07, 6.45) is 3.61. The molecule has 0 amide bonds. The molecule has 2 atom stereocenters. The smallest absolute Gasteiger partial charge is 0.310 e. The predicted molar refractivity (Wildman–Crippen MR) is 84.2 cm³/mol. The molecule has 0 spiro atoms. The molecule has 1 aliphatic rings. The van der Waals surface area contributed by atoms with Crippen molar-refractivity contribution >= 4 is 5.97 Å². The van der Waals surface area contributed by atoms with Gasteiger partial charge in [0.1, 0.15) is 0 Å². The second kappa shape index (κ2) is 6.71. The van der Waals surface area contributed by atoms with Crippen LogP contribution in [0.4, 0.5) is 0 Å². The maximum absolute atomic E-state index is 12.1. The minimum atomic E-state index is -0.135. The van der Waals surface area contributed by atoms with E-state index in [1.54, 1.807) is 6.20 Å². The maximum atomic E-state index is 12.1. The zero-order valence-corrected chi connectivity index (χ0v) is 12.7. The Morgan fingerprint density at radius 2 is 2.05 bits per heavy atom. The molecule has 1 saturated heterocycles. The molecule has 3 rings (SSSR count). The van der Waals surface area contributed by atoms with Crippen molar-refractivity contribution in [3.63, 3.8) is 0 Å². The van der Waals surface area contributed by atoms with Gasteiger partial charge in [-0.15, -0.1) is 0 Å². The summed E-state index contributed by atoms with van der Waals surface area (Å²) in [5.74, 6) is -0.118. The minimum absolute atomic E-state index is 0.127. The number of pyridine rings is 1. The van der Waals surface area contributed by atoms with Gasteiger partial charge in [0.15, 0.2) is 0 Å². The Morgan fingerprint density at radius 3 is 2.73 bits per heavy atom. The van der Waals surface area contributed by atoms with Crippen LogP contribution in [0.5, 0.6) is 0 Å². The molecule has 0 N–H and O–H groups in total. The molecule has 1 aliphatic heterocycles. The van der Waals surface area contributed by atoms with Gasteiger partial charge in [-0.3, -0.25) is 14.7 Å². The predicted octanol–water partition coefficient (Wildman–Crippen LogP) is 2.47. The molecule has 4 heteroatoms. The first-order chi connectivity index (χ1) is 10.8. The highest BCUT2D eigenvalue weighted by Gasteiger charge is 2.39. The first-order valence-corrected chi connectivity index (χ1v) is 7.52. The van der Waals surface area contributed by atoms with E-state index in [0.29, 0.717) is 0 Å². The van der Waals surface area contributed by atoms with Crippen LogP contribution in [0.2, 0.25) is 0 Å². The topological polar surface area (TPSA) is 42.4 Å². The molecule has 0 radical (unpaired) electrons. The Morgan fingerprint density at radius 1 is 1.23 bits per heavy atom. The van der Waals surface area contributed by atoms with Crippen molar-refractivity contribution in [3.8, 4) is 0 Å². The number of nitrogens with zero attached hydrogens (tertiary/aromatic N) is 2. The van der Waals surface area contributed by atoms with Crippen LogP contribution >= 0.6 is 0 Å². The van der Waals surface area contributed by atoms with E-state index in [0.717, 1.165) is 25.2 Å². The molecule has 114 valence electrons.